The predicted molar refractivity (Wildman–Crippen MR) is 295 cm³/mol. The van der Waals surface area contributed by atoms with E-state index in [4.69, 9.17) is 56.2 Å². The second-order valence-corrected chi connectivity index (χ2v) is 17.0. The summed E-state index contributed by atoms with van der Waals surface area (Å²) in [7, 11) is 0. The number of benzene rings is 7. The first kappa shape index (κ1) is 74.8. The van der Waals surface area contributed by atoms with Crippen LogP contribution >= 0.6 is 37.9 Å². The molecule has 11 N–H and O–H groups in total. The molecule has 0 atom stereocenters. The summed E-state index contributed by atoms with van der Waals surface area (Å²) < 4.78 is 50.8. The minimum Gasteiger partial charge on any atom is -0.508 e. The Morgan fingerprint density at radius 3 is 1.13 bits per heavy atom. The van der Waals surface area contributed by atoms with Crippen LogP contribution in [-0.2, 0) is 0 Å². The molecule has 0 aliphatic rings. The number of phenolic OH excluding ortho intramolecular Hbond substituents is 4. The Kier molecular flexibility index (Phi) is 28.5. The van der Waals surface area contributed by atoms with Crippen molar-refractivity contribution in [2.75, 3.05) is 0 Å². The molecule has 0 bridgehead atoms. The number of phenols is 4. The highest BCUT2D eigenvalue weighted by atomic mass is 32.1. The molecule has 0 radical (unpaired) electrons. The fourth-order valence-corrected chi connectivity index (χ4v) is 6.16. The lowest BCUT2D eigenvalue weighted by Gasteiger charge is -2.04. The second kappa shape index (κ2) is 33.9. The second-order valence-electron chi connectivity index (χ2n) is 15.5. The number of nitrogens with zero attached hydrogens (tertiary/aromatic N) is 5. The molecule has 0 unspecified atom stereocenters. The van der Waals surface area contributed by atoms with Gasteiger partial charge in [-0.25, -0.2) is 51.1 Å². The first-order chi connectivity index (χ1) is 41.2. The Morgan fingerprint density at radius 2 is 0.730 bits per heavy atom. The largest absolute Gasteiger partial charge is 0.508 e. The van der Waals surface area contributed by atoms with E-state index >= 15 is 0 Å². The Balaban J connectivity index is 0.000000520. The van der Waals surface area contributed by atoms with Gasteiger partial charge in [0.05, 0.1) is 58.3 Å². The summed E-state index contributed by atoms with van der Waals surface area (Å²) in [5, 5.41) is 146. The topological polar surface area (TPSA) is 558 Å². The monoisotopic (exact) mass is 1310 g/mol. The molecule has 0 fully saturated rings. The Hall–Kier alpha value is -12.2. The van der Waals surface area contributed by atoms with Crippen molar-refractivity contribution in [2.45, 2.75) is 14.7 Å². The highest BCUT2D eigenvalue weighted by Gasteiger charge is 2.28. The molecule has 40 heteroatoms. The average Bonchev–Trinajstić information content (AvgIpc) is 3.53. The number of rotatable bonds is 12. The van der Waals surface area contributed by atoms with E-state index in [2.05, 4.69) is 37.9 Å². The Labute approximate surface area is 504 Å². The number of nitro groups is 5. The molecule has 0 saturated heterocycles. The number of hydrogen-bond donors (Lipinski definition) is 14. The van der Waals surface area contributed by atoms with Gasteiger partial charge in [-0.3, -0.25) is 50.6 Å². The van der Waals surface area contributed by atoms with E-state index in [1.807, 2.05) is 0 Å². The van der Waals surface area contributed by atoms with E-state index < -0.39 is 151 Å². The third kappa shape index (κ3) is 23.1. The molecule has 0 aromatic heterocycles. The molecule has 0 heterocycles. The van der Waals surface area contributed by atoms with Gasteiger partial charge in [0.2, 0.25) is 0 Å². The third-order valence-corrected chi connectivity index (χ3v) is 10.5. The quantitative estimate of drug-likeness (QED) is 0.0178. The molecule has 0 aliphatic carbocycles. The van der Waals surface area contributed by atoms with Crippen molar-refractivity contribution in [3.05, 3.63) is 228 Å². The third-order valence-electron chi connectivity index (χ3n) is 9.57. The number of non-ortho nitro benzene ring substituents is 1. The number of halogens is 4. The fourth-order valence-electron chi connectivity index (χ4n) is 5.61. The van der Waals surface area contributed by atoms with Crippen molar-refractivity contribution in [3.63, 3.8) is 0 Å². The summed E-state index contributed by atoms with van der Waals surface area (Å²) in [5.74, 6) is -19.1. The van der Waals surface area contributed by atoms with Crippen molar-refractivity contribution in [2.24, 2.45) is 0 Å². The van der Waals surface area contributed by atoms with Gasteiger partial charge >= 0.3 is 47.5 Å². The molecule has 0 amide bonds. The van der Waals surface area contributed by atoms with Crippen LogP contribution in [0.4, 0.5) is 46.0 Å². The summed E-state index contributed by atoms with van der Waals surface area (Å²) in [6.45, 7) is 0. The van der Waals surface area contributed by atoms with E-state index in [1.165, 1.54) is 18.2 Å². The number of hydrogen-bond acceptors (Lipinski definition) is 24. The SMILES string of the molecule is O=C(O)c1c(F)c(F)c(S)c(F)c1F.O=C(O)c1cc(O)cc([N+](=O)[O-])c1.O=C(O)c1cc(O)ccc1[N+](=O)[O-].O=C(O)c1cc(S)ccc1[N+](=O)[O-].O=C(O)c1ccc(O)cc1[N+](=O)[O-].O=C(O)c1ccc(S)cc1.O=C(O)c1ccc([N+](=O)[O-])c(O)c1. The number of nitro benzene ring substituents is 5. The molecule has 0 aliphatic heterocycles. The van der Waals surface area contributed by atoms with Crippen LogP contribution in [0.3, 0.4) is 0 Å². The van der Waals surface area contributed by atoms with Gasteiger partial charge in [0.25, 0.3) is 22.7 Å². The lowest BCUT2D eigenvalue weighted by molar-refractivity contribution is -0.385. The smallest absolute Gasteiger partial charge is 0.342 e. The summed E-state index contributed by atoms with van der Waals surface area (Å²) >= 11 is 11.0. The molecule has 89 heavy (non-hydrogen) atoms. The molecule has 7 aromatic rings. The number of aromatic hydroxyl groups is 4. The number of carboxylic acid groups (broad SMARTS) is 7. The lowest BCUT2D eigenvalue weighted by atomic mass is 10.2. The van der Waals surface area contributed by atoms with Crippen molar-refractivity contribution >= 4 is 108 Å². The predicted octanol–water partition coefficient (Wildman–Crippen LogP) is 9.48. The Bertz CT molecular complexity index is 3720. The van der Waals surface area contributed by atoms with Crippen LogP contribution in [0.2, 0.25) is 0 Å². The van der Waals surface area contributed by atoms with Crippen LogP contribution in [0, 0.1) is 73.8 Å². The molecule has 7 aromatic carbocycles. The number of carboxylic acids is 7. The number of aromatic carboxylic acids is 7. The number of thiol groups is 3. The minimum absolute atomic E-state index is 0.192. The maximum atomic E-state index is 12.7. The van der Waals surface area contributed by atoms with Crippen molar-refractivity contribution in [1.82, 2.24) is 0 Å². The molecule has 468 valence electrons. The van der Waals surface area contributed by atoms with Crippen LogP contribution in [0.15, 0.2) is 130 Å². The van der Waals surface area contributed by atoms with Crippen LogP contribution in [0.1, 0.15) is 72.5 Å². The maximum absolute atomic E-state index is 12.7. The molecule has 0 saturated carbocycles. The van der Waals surface area contributed by atoms with E-state index in [0.29, 0.717) is 4.90 Å². The van der Waals surface area contributed by atoms with Crippen molar-refractivity contribution < 1.29 is 132 Å². The summed E-state index contributed by atoms with van der Waals surface area (Å²) in [6, 6.07) is 21.2. The molecular weight excluding hydrogens is 1280 g/mol. The molecular formula is C49H33F4N5O28S3. The van der Waals surface area contributed by atoms with Gasteiger partial charge in [0, 0.05) is 46.2 Å². The molecule has 33 nitrogen and oxygen atoms in total. The zero-order valence-electron chi connectivity index (χ0n) is 42.9. The number of carbonyl (C=O) groups is 7. The fraction of sp³-hybridized carbons (Fsp3) is 0. The zero-order chi connectivity index (χ0) is 68.6. The van der Waals surface area contributed by atoms with Crippen molar-refractivity contribution in [3.8, 4) is 23.0 Å². The molecule has 7 rings (SSSR count). The summed E-state index contributed by atoms with van der Waals surface area (Å²) in [5.41, 5.74) is -5.73. The minimum atomic E-state index is -2.09. The van der Waals surface area contributed by atoms with Gasteiger partial charge in [0.15, 0.2) is 29.0 Å². The van der Waals surface area contributed by atoms with Crippen LogP contribution in [-0.4, -0.2) is 123 Å². The van der Waals surface area contributed by atoms with Crippen LogP contribution < -0.4 is 0 Å². The van der Waals surface area contributed by atoms with Crippen LogP contribution in [0.25, 0.3) is 0 Å². The zero-order valence-corrected chi connectivity index (χ0v) is 45.6. The first-order valence-corrected chi connectivity index (χ1v) is 23.4. The van der Waals surface area contributed by atoms with Gasteiger partial charge in [-0.05, 0) is 66.7 Å². The van der Waals surface area contributed by atoms with Gasteiger partial charge in [-0.15, -0.1) is 37.9 Å². The van der Waals surface area contributed by atoms with E-state index in [-0.39, 0.29) is 33.8 Å². The van der Waals surface area contributed by atoms with E-state index in [0.717, 1.165) is 89.8 Å². The van der Waals surface area contributed by atoms with E-state index in [1.54, 1.807) is 12.1 Å². The van der Waals surface area contributed by atoms with Gasteiger partial charge in [-0.2, -0.15) is 0 Å². The van der Waals surface area contributed by atoms with Crippen molar-refractivity contribution in [1.29, 1.82) is 0 Å². The van der Waals surface area contributed by atoms with Crippen LogP contribution in [0.5, 0.6) is 23.0 Å². The normalized spacial score (nSPS) is 9.65. The summed E-state index contributed by atoms with van der Waals surface area (Å²) in [6.07, 6.45) is 0. The summed E-state index contributed by atoms with van der Waals surface area (Å²) in [4.78, 5) is 120. The first-order valence-electron chi connectivity index (χ1n) is 22.0. The van der Waals surface area contributed by atoms with E-state index in [9.17, 15) is 102 Å². The standard InChI is InChI=1S/C7H2F4O2S.4C7H5NO5.C7H5NO4S.C7H6O2S/c8-2-1(7(12)13)3(9)5(11)6(14)4(2)10;9-6-2-4(7(10)11)1-5(3-6)8(12)13;9-4-1-2-6(8(12)13)5(3-4)7(10)11;9-4-1-2-5(7(10)11)6(3-4)8(12)13;9-6-3-4(7(10)11)1-2-5(6)8(12)13;9-7(10)5-3-4(13)1-2-6(5)8(11)12;8-7(9)5-1-3-6(10)4-2-5/h14H,(H,12,13);4*1-3,9H,(H,10,11);1-3,13H,(H,9,10);1-4,10H,(H,8,9). The lowest BCUT2D eigenvalue weighted by Crippen LogP contribution is -2.10. The average molecular weight is 1310 g/mol. The Morgan fingerprint density at radius 1 is 0.337 bits per heavy atom. The molecule has 0 spiro atoms. The van der Waals surface area contributed by atoms with Gasteiger partial charge in [0.1, 0.15) is 39.5 Å². The van der Waals surface area contributed by atoms with Gasteiger partial charge in [-0.1, -0.05) is 0 Å². The highest BCUT2D eigenvalue weighted by molar-refractivity contribution is 7.80. The maximum Gasteiger partial charge on any atom is 0.342 e. The highest BCUT2D eigenvalue weighted by Crippen LogP contribution is 2.29. The van der Waals surface area contributed by atoms with Gasteiger partial charge < -0.3 is 56.2 Å².